The highest BCUT2D eigenvalue weighted by Gasteiger charge is 2.48. The summed E-state index contributed by atoms with van der Waals surface area (Å²) in [7, 11) is 0. The first-order valence-electron chi connectivity index (χ1n) is 9.47. The van der Waals surface area contributed by atoms with Crippen LogP contribution in [0.1, 0.15) is 16.8 Å². The maximum absolute atomic E-state index is 12.7. The van der Waals surface area contributed by atoms with E-state index in [2.05, 4.69) is 4.90 Å². The van der Waals surface area contributed by atoms with E-state index in [1.807, 2.05) is 0 Å². The molecule has 146 valence electrons. The van der Waals surface area contributed by atoms with E-state index in [1.54, 1.807) is 21.9 Å². The largest absolute Gasteiger partial charge is 0.508 e. The average Bonchev–Trinajstić information content (AvgIpc) is 3.21. The Labute approximate surface area is 158 Å². The molecule has 27 heavy (non-hydrogen) atoms. The monoisotopic (exact) mass is 375 g/mol. The van der Waals surface area contributed by atoms with Crippen LogP contribution in [0, 0.1) is 0 Å². The van der Waals surface area contributed by atoms with E-state index in [9.17, 15) is 14.7 Å². The van der Waals surface area contributed by atoms with Crippen molar-refractivity contribution in [1.29, 1.82) is 0 Å². The average molecular weight is 375 g/mol. The molecule has 2 atom stereocenters. The molecule has 4 rings (SSSR count). The Morgan fingerprint density at radius 1 is 1.11 bits per heavy atom. The van der Waals surface area contributed by atoms with E-state index in [4.69, 9.17) is 9.47 Å². The molecule has 8 heteroatoms. The predicted molar refractivity (Wildman–Crippen MR) is 96.6 cm³/mol. The standard InChI is InChI=1S/C19H25N3O5/c23-15-4-2-14(3-5-15)18(24)21-12-16-17(13-21)27-19(25)22(16)7-1-6-20-8-10-26-11-9-20/h2-5,16-17,23H,1,6-13H2/t16-,17+/m0/s1. The maximum atomic E-state index is 12.7. The summed E-state index contributed by atoms with van der Waals surface area (Å²) in [6.45, 7) is 5.87. The number of benzene rings is 1. The van der Waals surface area contributed by atoms with Gasteiger partial charge in [0.1, 0.15) is 11.9 Å². The quantitative estimate of drug-likeness (QED) is 0.818. The highest BCUT2D eigenvalue weighted by Crippen LogP contribution is 2.28. The van der Waals surface area contributed by atoms with Crippen LogP contribution in [0.15, 0.2) is 24.3 Å². The molecule has 3 aliphatic rings. The van der Waals surface area contributed by atoms with Crippen LogP contribution >= 0.6 is 0 Å². The lowest BCUT2D eigenvalue weighted by molar-refractivity contribution is 0.0362. The molecule has 3 fully saturated rings. The molecule has 8 nitrogen and oxygen atoms in total. The van der Waals surface area contributed by atoms with Gasteiger partial charge in [-0.2, -0.15) is 0 Å². The van der Waals surface area contributed by atoms with Crippen LogP contribution in [0.3, 0.4) is 0 Å². The van der Waals surface area contributed by atoms with Crippen LogP contribution in [-0.4, -0.2) is 96.4 Å². The molecular formula is C19H25N3O5. The third-order valence-corrected chi connectivity index (χ3v) is 5.50. The number of phenolic OH excluding ortho intramolecular Hbond substituents is 1. The number of hydrogen-bond acceptors (Lipinski definition) is 6. The molecular weight excluding hydrogens is 350 g/mol. The minimum absolute atomic E-state index is 0.0803. The van der Waals surface area contributed by atoms with Gasteiger partial charge >= 0.3 is 6.09 Å². The lowest BCUT2D eigenvalue weighted by Crippen LogP contribution is -2.42. The Morgan fingerprint density at radius 3 is 2.59 bits per heavy atom. The zero-order valence-electron chi connectivity index (χ0n) is 15.2. The predicted octanol–water partition coefficient (Wildman–Crippen LogP) is 0.760. The number of amides is 2. The first kappa shape index (κ1) is 18.1. The van der Waals surface area contributed by atoms with Crippen molar-refractivity contribution in [3.63, 3.8) is 0 Å². The molecule has 0 saturated carbocycles. The first-order valence-corrected chi connectivity index (χ1v) is 9.47. The van der Waals surface area contributed by atoms with Gasteiger partial charge in [0.2, 0.25) is 0 Å². The van der Waals surface area contributed by atoms with Crippen molar-refractivity contribution in [2.45, 2.75) is 18.6 Å². The Balaban J connectivity index is 1.32. The Hall–Kier alpha value is -2.32. The SMILES string of the molecule is O=C(c1ccc(O)cc1)N1C[C@H]2OC(=O)N(CCCN3CCOCC3)[C@H]2C1. The smallest absolute Gasteiger partial charge is 0.410 e. The molecule has 1 N–H and O–H groups in total. The maximum Gasteiger partial charge on any atom is 0.410 e. The van der Waals surface area contributed by atoms with Crippen molar-refractivity contribution >= 4 is 12.0 Å². The zero-order valence-corrected chi connectivity index (χ0v) is 15.2. The lowest BCUT2D eigenvalue weighted by atomic mass is 10.2. The van der Waals surface area contributed by atoms with E-state index < -0.39 is 0 Å². The summed E-state index contributed by atoms with van der Waals surface area (Å²) in [5, 5.41) is 9.38. The number of fused-ring (bicyclic) bond motifs is 1. The van der Waals surface area contributed by atoms with Gasteiger partial charge in [-0.05, 0) is 30.7 Å². The van der Waals surface area contributed by atoms with E-state index in [1.165, 1.54) is 12.1 Å². The third-order valence-electron chi connectivity index (χ3n) is 5.50. The molecule has 0 aliphatic carbocycles. The van der Waals surface area contributed by atoms with Gasteiger partial charge < -0.3 is 19.5 Å². The minimum atomic E-state index is -0.274. The van der Waals surface area contributed by atoms with E-state index in [0.29, 0.717) is 25.2 Å². The van der Waals surface area contributed by atoms with Crippen molar-refractivity contribution in [2.24, 2.45) is 0 Å². The van der Waals surface area contributed by atoms with Crippen LogP contribution in [-0.2, 0) is 9.47 Å². The van der Waals surface area contributed by atoms with Crippen molar-refractivity contribution in [2.75, 3.05) is 52.5 Å². The van der Waals surface area contributed by atoms with Gasteiger partial charge in [0, 0.05) is 38.3 Å². The number of morpholine rings is 1. The summed E-state index contributed by atoms with van der Waals surface area (Å²) in [4.78, 5) is 30.7. The van der Waals surface area contributed by atoms with Crippen molar-refractivity contribution in [1.82, 2.24) is 14.7 Å². The molecule has 0 unspecified atom stereocenters. The van der Waals surface area contributed by atoms with Gasteiger partial charge in [0.25, 0.3) is 5.91 Å². The summed E-state index contributed by atoms with van der Waals surface area (Å²) in [6, 6.07) is 6.14. The van der Waals surface area contributed by atoms with E-state index >= 15 is 0 Å². The fourth-order valence-corrected chi connectivity index (χ4v) is 4.00. The van der Waals surface area contributed by atoms with E-state index in [-0.39, 0.29) is 29.9 Å². The number of rotatable bonds is 5. The number of nitrogens with zero attached hydrogens (tertiary/aromatic N) is 3. The number of likely N-dealkylation sites (tertiary alicyclic amines) is 1. The highest BCUT2D eigenvalue weighted by atomic mass is 16.6. The fraction of sp³-hybridized carbons (Fsp3) is 0.579. The van der Waals surface area contributed by atoms with Crippen LogP contribution in [0.2, 0.25) is 0 Å². The van der Waals surface area contributed by atoms with Crippen molar-refractivity contribution in [3.05, 3.63) is 29.8 Å². The molecule has 0 aromatic heterocycles. The Morgan fingerprint density at radius 2 is 1.85 bits per heavy atom. The number of carbonyl (C=O) groups excluding carboxylic acids is 2. The van der Waals surface area contributed by atoms with Gasteiger partial charge in [-0.1, -0.05) is 0 Å². The number of phenols is 1. The van der Waals surface area contributed by atoms with Gasteiger partial charge in [0.15, 0.2) is 0 Å². The van der Waals surface area contributed by atoms with E-state index in [0.717, 1.165) is 39.3 Å². The number of hydrogen-bond donors (Lipinski definition) is 1. The first-order chi connectivity index (χ1) is 13.1. The summed E-state index contributed by atoms with van der Waals surface area (Å²) in [5.41, 5.74) is 0.526. The fourth-order valence-electron chi connectivity index (χ4n) is 4.00. The molecule has 3 heterocycles. The van der Waals surface area contributed by atoms with Crippen LogP contribution in [0.5, 0.6) is 5.75 Å². The van der Waals surface area contributed by atoms with Crippen LogP contribution in [0.25, 0.3) is 0 Å². The molecule has 0 bridgehead atoms. The van der Waals surface area contributed by atoms with Gasteiger partial charge in [-0.25, -0.2) is 4.79 Å². The molecule has 1 aromatic rings. The summed E-state index contributed by atoms with van der Waals surface area (Å²) in [5.74, 6) is 0.0268. The normalized spacial score (nSPS) is 25.6. The summed E-state index contributed by atoms with van der Waals surface area (Å²) < 4.78 is 10.8. The molecule has 0 radical (unpaired) electrons. The Bertz CT molecular complexity index is 689. The summed E-state index contributed by atoms with van der Waals surface area (Å²) >= 11 is 0. The van der Waals surface area contributed by atoms with Crippen molar-refractivity contribution in [3.8, 4) is 5.75 Å². The molecule has 3 saturated heterocycles. The molecule has 1 aromatic carbocycles. The molecule has 2 amide bonds. The zero-order chi connectivity index (χ0) is 18.8. The molecule has 0 spiro atoms. The highest BCUT2D eigenvalue weighted by molar-refractivity contribution is 5.94. The second kappa shape index (κ2) is 7.74. The van der Waals surface area contributed by atoms with Crippen LogP contribution in [0.4, 0.5) is 4.79 Å². The van der Waals surface area contributed by atoms with Gasteiger partial charge in [-0.15, -0.1) is 0 Å². The summed E-state index contributed by atoms with van der Waals surface area (Å²) in [6.07, 6.45) is 0.343. The topological polar surface area (TPSA) is 82.5 Å². The Kier molecular flexibility index (Phi) is 5.18. The number of ether oxygens (including phenoxy) is 2. The van der Waals surface area contributed by atoms with Gasteiger partial charge in [0.05, 0.1) is 25.8 Å². The second-order valence-electron chi connectivity index (χ2n) is 7.25. The van der Waals surface area contributed by atoms with Crippen LogP contribution < -0.4 is 0 Å². The van der Waals surface area contributed by atoms with Crippen molar-refractivity contribution < 1.29 is 24.2 Å². The lowest BCUT2D eigenvalue weighted by Gasteiger charge is -2.28. The van der Waals surface area contributed by atoms with Gasteiger partial charge in [-0.3, -0.25) is 14.6 Å². The minimum Gasteiger partial charge on any atom is -0.508 e. The second-order valence-corrected chi connectivity index (χ2v) is 7.25. The molecule has 3 aliphatic heterocycles. The number of carbonyl (C=O) groups is 2. The number of aromatic hydroxyl groups is 1. The third kappa shape index (κ3) is 3.86.